The molecule has 1 aliphatic rings. The molecule has 0 radical (unpaired) electrons. The maximum absolute atomic E-state index is 12.3. The predicted octanol–water partition coefficient (Wildman–Crippen LogP) is 2.14. The highest BCUT2D eigenvalue weighted by Crippen LogP contribution is 2.32. The number of aromatic nitrogens is 2. The molecule has 10 nitrogen and oxygen atoms in total. The lowest BCUT2D eigenvalue weighted by Gasteiger charge is -2.19. The largest absolute Gasteiger partial charge is 0.486 e. The molecule has 2 heterocycles. The van der Waals surface area contributed by atoms with Crippen molar-refractivity contribution in [3.8, 4) is 11.5 Å². The first-order valence-corrected chi connectivity index (χ1v) is 9.31. The molecule has 0 saturated carbocycles. The number of amides is 3. The Morgan fingerprint density at radius 2 is 1.83 bits per heavy atom. The van der Waals surface area contributed by atoms with Gasteiger partial charge in [-0.3, -0.25) is 10.1 Å². The van der Waals surface area contributed by atoms with Crippen LogP contribution < -0.4 is 30.7 Å². The standard InChI is InChI=1S/C19H24N6O4/c1-12-10-17(21-7-3-6-20-13(2)26)24-18(22-12)25-19(27)23-14-4-5-15-16(11-14)29-9-8-28-15/h4-5,10-11H,3,6-9H2,1-2H3,(H,20,26)(H3,21,22,23,24,25,27). The van der Waals surface area contributed by atoms with E-state index in [1.54, 1.807) is 24.3 Å². The first-order chi connectivity index (χ1) is 14.0. The number of hydrogen-bond acceptors (Lipinski definition) is 7. The molecule has 0 unspecified atom stereocenters. The Bertz CT molecular complexity index is 889. The van der Waals surface area contributed by atoms with Gasteiger partial charge in [0.2, 0.25) is 11.9 Å². The average molecular weight is 400 g/mol. The summed E-state index contributed by atoms with van der Waals surface area (Å²) in [7, 11) is 0. The molecular weight excluding hydrogens is 376 g/mol. The molecule has 0 bridgehead atoms. The van der Waals surface area contributed by atoms with Crippen molar-refractivity contribution in [3.05, 3.63) is 30.0 Å². The van der Waals surface area contributed by atoms with Crippen LogP contribution in [-0.2, 0) is 4.79 Å². The highest BCUT2D eigenvalue weighted by molar-refractivity contribution is 5.98. The summed E-state index contributed by atoms with van der Waals surface area (Å²) in [6.07, 6.45) is 0.746. The number of aryl methyl sites for hydroxylation is 1. The second-order valence-electron chi connectivity index (χ2n) is 6.42. The van der Waals surface area contributed by atoms with Crippen LogP contribution in [0.25, 0.3) is 0 Å². The fourth-order valence-corrected chi connectivity index (χ4v) is 2.67. The third-order valence-corrected chi connectivity index (χ3v) is 3.91. The lowest BCUT2D eigenvalue weighted by molar-refractivity contribution is -0.118. The van der Waals surface area contributed by atoms with Gasteiger partial charge in [0, 0.05) is 43.5 Å². The van der Waals surface area contributed by atoms with Crippen LogP contribution >= 0.6 is 0 Å². The van der Waals surface area contributed by atoms with Gasteiger partial charge in [0.05, 0.1) is 0 Å². The summed E-state index contributed by atoms with van der Waals surface area (Å²) in [4.78, 5) is 31.7. The molecule has 2 aromatic rings. The number of rotatable bonds is 7. The zero-order chi connectivity index (χ0) is 20.6. The number of fused-ring (bicyclic) bond motifs is 1. The zero-order valence-electron chi connectivity index (χ0n) is 16.4. The van der Waals surface area contributed by atoms with Crippen molar-refractivity contribution in [2.75, 3.05) is 42.3 Å². The topological polar surface area (TPSA) is 127 Å². The molecule has 3 rings (SSSR count). The fraction of sp³-hybridized carbons (Fsp3) is 0.368. The summed E-state index contributed by atoms with van der Waals surface area (Å²) in [5.41, 5.74) is 1.27. The number of nitrogens with zero attached hydrogens (tertiary/aromatic N) is 2. The molecular formula is C19H24N6O4. The van der Waals surface area contributed by atoms with E-state index < -0.39 is 6.03 Å². The normalized spacial score (nSPS) is 12.1. The summed E-state index contributed by atoms with van der Waals surface area (Å²) in [6, 6.07) is 6.49. The van der Waals surface area contributed by atoms with Crippen molar-refractivity contribution in [1.29, 1.82) is 0 Å². The van der Waals surface area contributed by atoms with E-state index in [9.17, 15) is 9.59 Å². The van der Waals surface area contributed by atoms with Crippen LogP contribution in [0.2, 0.25) is 0 Å². The van der Waals surface area contributed by atoms with E-state index in [0.717, 1.165) is 6.42 Å². The first-order valence-electron chi connectivity index (χ1n) is 9.31. The monoisotopic (exact) mass is 400 g/mol. The van der Waals surface area contributed by atoms with Crippen LogP contribution in [0.1, 0.15) is 19.0 Å². The maximum Gasteiger partial charge on any atom is 0.326 e. The van der Waals surface area contributed by atoms with Gasteiger partial charge in [0.25, 0.3) is 0 Å². The zero-order valence-corrected chi connectivity index (χ0v) is 16.4. The number of ether oxygens (including phenoxy) is 2. The molecule has 0 spiro atoms. The van der Waals surface area contributed by atoms with Gasteiger partial charge in [-0.15, -0.1) is 0 Å². The molecule has 29 heavy (non-hydrogen) atoms. The number of anilines is 3. The number of benzene rings is 1. The van der Waals surface area contributed by atoms with Gasteiger partial charge in [-0.25, -0.2) is 9.78 Å². The molecule has 10 heteroatoms. The molecule has 3 amide bonds. The highest BCUT2D eigenvalue weighted by Gasteiger charge is 2.13. The molecule has 1 aromatic carbocycles. The molecule has 1 aromatic heterocycles. The van der Waals surface area contributed by atoms with Crippen LogP contribution in [0.15, 0.2) is 24.3 Å². The molecule has 4 N–H and O–H groups in total. The van der Waals surface area contributed by atoms with Crippen molar-refractivity contribution < 1.29 is 19.1 Å². The molecule has 154 valence electrons. The smallest absolute Gasteiger partial charge is 0.326 e. The quantitative estimate of drug-likeness (QED) is 0.525. The average Bonchev–Trinajstić information content (AvgIpc) is 2.67. The Morgan fingerprint density at radius 3 is 2.62 bits per heavy atom. The third kappa shape index (κ3) is 6.23. The second-order valence-corrected chi connectivity index (χ2v) is 6.42. The molecule has 0 atom stereocenters. The van der Waals surface area contributed by atoms with E-state index in [1.807, 2.05) is 6.92 Å². The molecule has 1 aliphatic heterocycles. The van der Waals surface area contributed by atoms with Gasteiger partial charge in [-0.2, -0.15) is 4.98 Å². The van der Waals surface area contributed by atoms with Gasteiger partial charge in [-0.1, -0.05) is 0 Å². The van der Waals surface area contributed by atoms with Gasteiger partial charge < -0.3 is 25.4 Å². The highest BCUT2D eigenvalue weighted by atomic mass is 16.6. The summed E-state index contributed by atoms with van der Waals surface area (Å²) in [5, 5.41) is 11.2. The summed E-state index contributed by atoms with van der Waals surface area (Å²) in [5.74, 6) is 1.96. The number of hydrogen-bond donors (Lipinski definition) is 4. The van der Waals surface area contributed by atoms with E-state index in [-0.39, 0.29) is 11.9 Å². The summed E-state index contributed by atoms with van der Waals surface area (Å²) < 4.78 is 11.0. The minimum atomic E-state index is -0.469. The summed E-state index contributed by atoms with van der Waals surface area (Å²) >= 11 is 0. The fourth-order valence-electron chi connectivity index (χ4n) is 2.67. The van der Waals surface area contributed by atoms with Crippen molar-refractivity contribution >= 4 is 29.4 Å². The van der Waals surface area contributed by atoms with Crippen molar-refractivity contribution in [2.45, 2.75) is 20.3 Å². The number of carbonyl (C=O) groups excluding carboxylic acids is 2. The van der Waals surface area contributed by atoms with Crippen LogP contribution in [0.5, 0.6) is 11.5 Å². The van der Waals surface area contributed by atoms with Gasteiger partial charge in [0.15, 0.2) is 11.5 Å². The van der Waals surface area contributed by atoms with Crippen LogP contribution in [0.3, 0.4) is 0 Å². The predicted molar refractivity (Wildman–Crippen MR) is 109 cm³/mol. The van der Waals surface area contributed by atoms with Crippen molar-refractivity contribution in [3.63, 3.8) is 0 Å². The Hall–Kier alpha value is -3.56. The Balaban J connectivity index is 1.54. The minimum Gasteiger partial charge on any atom is -0.486 e. The summed E-state index contributed by atoms with van der Waals surface area (Å²) in [6.45, 7) is 5.48. The van der Waals surface area contributed by atoms with E-state index >= 15 is 0 Å². The van der Waals surface area contributed by atoms with E-state index in [1.165, 1.54) is 6.92 Å². The Morgan fingerprint density at radius 1 is 1.03 bits per heavy atom. The van der Waals surface area contributed by atoms with Gasteiger partial charge in [-0.05, 0) is 25.5 Å². The maximum atomic E-state index is 12.3. The van der Waals surface area contributed by atoms with Crippen LogP contribution in [0, 0.1) is 6.92 Å². The first kappa shape index (κ1) is 20.2. The van der Waals surface area contributed by atoms with Crippen molar-refractivity contribution in [2.24, 2.45) is 0 Å². The van der Waals surface area contributed by atoms with Crippen LogP contribution in [-0.4, -0.2) is 48.2 Å². The Labute approximate surface area is 168 Å². The van der Waals surface area contributed by atoms with Gasteiger partial charge >= 0.3 is 6.03 Å². The molecule has 0 aliphatic carbocycles. The molecule has 0 fully saturated rings. The van der Waals surface area contributed by atoms with Crippen LogP contribution in [0.4, 0.5) is 22.2 Å². The second kappa shape index (κ2) is 9.58. The SMILES string of the molecule is CC(=O)NCCCNc1cc(C)nc(NC(=O)Nc2ccc3c(c2)OCCO3)n1. The Kier molecular flexibility index (Phi) is 6.67. The minimum absolute atomic E-state index is 0.0570. The third-order valence-electron chi connectivity index (χ3n) is 3.91. The van der Waals surface area contributed by atoms with Crippen molar-refractivity contribution in [1.82, 2.24) is 15.3 Å². The lowest BCUT2D eigenvalue weighted by atomic mass is 10.2. The molecule has 0 saturated heterocycles. The van der Waals surface area contributed by atoms with E-state index in [0.29, 0.717) is 55.0 Å². The number of carbonyl (C=O) groups is 2. The number of urea groups is 1. The van der Waals surface area contributed by atoms with Gasteiger partial charge in [0.1, 0.15) is 19.0 Å². The number of nitrogens with one attached hydrogen (secondary N) is 4. The lowest BCUT2D eigenvalue weighted by Crippen LogP contribution is -2.23. The van der Waals surface area contributed by atoms with E-state index in [4.69, 9.17) is 9.47 Å². The van der Waals surface area contributed by atoms with E-state index in [2.05, 4.69) is 31.2 Å².